The first kappa shape index (κ1) is 16.6. The predicted octanol–water partition coefficient (Wildman–Crippen LogP) is 3.48. The van der Waals surface area contributed by atoms with Crippen molar-refractivity contribution < 1.29 is 18.8 Å². The van der Waals surface area contributed by atoms with Crippen LogP contribution in [0, 0.1) is 6.92 Å². The normalized spacial score (nSPS) is 10.5. The Morgan fingerprint density at radius 3 is 2.76 bits per heavy atom. The van der Waals surface area contributed by atoms with E-state index in [1.54, 1.807) is 25.3 Å². The van der Waals surface area contributed by atoms with E-state index < -0.39 is 0 Å². The predicted molar refractivity (Wildman–Crippen MR) is 94.2 cm³/mol. The van der Waals surface area contributed by atoms with Crippen molar-refractivity contribution in [3.05, 3.63) is 47.7 Å². The number of aryl methyl sites for hydroxylation is 1. The molecule has 1 heterocycles. The molecule has 25 heavy (non-hydrogen) atoms. The second-order valence-electron chi connectivity index (χ2n) is 5.50. The molecule has 0 aliphatic carbocycles. The molecule has 0 bridgehead atoms. The smallest absolute Gasteiger partial charge is 0.319 e. The summed E-state index contributed by atoms with van der Waals surface area (Å²) in [5.74, 6) is 1.16. The molecule has 3 rings (SSSR count). The average molecular weight is 341 g/mol. The third-order valence-electron chi connectivity index (χ3n) is 3.77. The van der Waals surface area contributed by atoms with E-state index in [4.69, 9.17) is 14.0 Å². The highest BCUT2D eigenvalue weighted by molar-refractivity contribution is 5.91. The summed E-state index contributed by atoms with van der Waals surface area (Å²) in [6.45, 7) is 2.24. The number of urea groups is 1. The van der Waals surface area contributed by atoms with Crippen molar-refractivity contribution in [1.29, 1.82) is 0 Å². The zero-order chi connectivity index (χ0) is 17.8. The van der Waals surface area contributed by atoms with Gasteiger partial charge in [-0.2, -0.15) is 0 Å². The quantitative estimate of drug-likeness (QED) is 0.742. The molecule has 7 heteroatoms. The Morgan fingerprint density at radius 1 is 1.16 bits per heavy atom. The molecule has 0 unspecified atom stereocenters. The Kier molecular flexibility index (Phi) is 4.74. The molecule has 0 atom stereocenters. The standard InChI is InChI=1S/C18H19N3O4/c1-11-4-6-16-13(8-11)15(21-25-16)10-19-18(22)20-14-9-12(23-2)5-7-17(14)24-3/h4-9H,10H2,1-3H3,(H2,19,20,22). The summed E-state index contributed by atoms with van der Waals surface area (Å²) >= 11 is 0. The molecule has 7 nitrogen and oxygen atoms in total. The van der Waals surface area contributed by atoms with Gasteiger partial charge in [0.05, 0.1) is 26.5 Å². The third kappa shape index (κ3) is 3.65. The minimum Gasteiger partial charge on any atom is -0.497 e. The van der Waals surface area contributed by atoms with E-state index in [0.717, 1.165) is 10.9 Å². The summed E-state index contributed by atoms with van der Waals surface area (Å²) in [4.78, 5) is 12.2. The molecule has 1 aromatic heterocycles. The number of nitrogens with zero attached hydrogens (tertiary/aromatic N) is 1. The van der Waals surface area contributed by atoms with Crippen molar-refractivity contribution in [2.24, 2.45) is 0 Å². The molecule has 0 aliphatic heterocycles. The minimum absolute atomic E-state index is 0.245. The summed E-state index contributed by atoms with van der Waals surface area (Å²) < 4.78 is 15.7. The van der Waals surface area contributed by atoms with Crippen LogP contribution in [0.5, 0.6) is 11.5 Å². The number of carbonyl (C=O) groups is 1. The highest BCUT2D eigenvalue weighted by Crippen LogP contribution is 2.28. The maximum atomic E-state index is 12.2. The Labute approximate surface area is 144 Å². The maximum Gasteiger partial charge on any atom is 0.319 e. The number of ether oxygens (including phenoxy) is 2. The Bertz CT molecular complexity index is 904. The topological polar surface area (TPSA) is 85.6 Å². The number of amides is 2. The molecular formula is C18H19N3O4. The van der Waals surface area contributed by atoms with Gasteiger partial charge in [-0.3, -0.25) is 0 Å². The zero-order valence-corrected chi connectivity index (χ0v) is 14.3. The molecule has 2 N–H and O–H groups in total. The van der Waals surface area contributed by atoms with Crippen LogP contribution >= 0.6 is 0 Å². The van der Waals surface area contributed by atoms with Gasteiger partial charge in [0.15, 0.2) is 5.58 Å². The summed E-state index contributed by atoms with van der Waals surface area (Å²) in [6, 6.07) is 10.6. The van der Waals surface area contributed by atoms with Crippen molar-refractivity contribution in [3.63, 3.8) is 0 Å². The first-order valence-corrected chi connectivity index (χ1v) is 7.72. The van der Waals surface area contributed by atoms with Crippen molar-refractivity contribution in [3.8, 4) is 11.5 Å². The van der Waals surface area contributed by atoms with E-state index in [1.807, 2.05) is 25.1 Å². The lowest BCUT2D eigenvalue weighted by Gasteiger charge is -2.12. The molecular weight excluding hydrogens is 322 g/mol. The lowest BCUT2D eigenvalue weighted by atomic mass is 10.1. The van der Waals surface area contributed by atoms with Gasteiger partial charge >= 0.3 is 6.03 Å². The summed E-state index contributed by atoms with van der Waals surface area (Å²) in [7, 11) is 3.10. The SMILES string of the molecule is COc1ccc(OC)c(NC(=O)NCc2noc3ccc(C)cc23)c1. The molecule has 3 aromatic rings. The van der Waals surface area contributed by atoms with Crippen LogP contribution in [0.2, 0.25) is 0 Å². The molecule has 0 fully saturated rings. The van der Waals surface area contributed by atoms with Crippen LogP contribution in [0.3, 0.4) is 0 Å². The van der Waals surface area contributed by atoms with E-state index in [2.05, 4.69) is 15.8 Å². The van der Waals surface area contributed by atoms with Crippen LogP contribution in [-0.4, -0.2) is 25.4 Å². The molecule has 2 aromatic carbocycles. The van der Waals surface area contributed by atoms with Crippen LogP contribution in [-0.2, 0) is 6.54 Å². The lowest BCUT2D eigenvalue weighted by molar-refractivity contribution is 0.251. The van der Waals surface area contributed by atoms with Gasteiger partial charge in [0.25, 0.3) is 0 Å². The Balaban J connectivity index is 1.69. The van der Waals surface area contributed by atoms with Crippen molar-refractivity contribution in [2.45, 2.75) is 13.5 Å². The number of hydrogen-bond acceptors (Lipinski definition) is 5. The van der Waals surface area contributed by atoms with E-state index in [1.165, 1.54) is 7.11 Å². The highest BCUT2D eigenvalue weighted by Gasteiger charge is 2.12. The summed E-state index contributed by atoms with van der Waals surface area (Å²) in [5.41, 5.74) is 2.98. The van der Waals surface area contributed by atoms with Gasteiger partial charge in [0.2, 0.25) is 0 Å². The fraction of sp³-hybridized carbons (Fsp3) is 0.222. The summed E-state index contributed by atoms with van der Waals surface area (Å²) in [5, 5.41) is 10.4. The zero-order valence-electron chi connectivity index (χ0n) is 14.3. The molecule has 0 radical (unpaired) electrons. The van der Waals surface area contributed by atoms with Crippen molar-refractivity contribution in [2.75, 3.05) is 19.5 Å². The van der Waals surface area contributed by atoms with E-state index in [0.29, 0.717) is 28.5 Å². The average Bonchev–Trinajstić information content (AvgIpc) is 3.02. The Hall–Kier alpha value is -3.22. The fourth-order valence-corrected chi connectivity index (χ4v) is 2.47. The van der Waals surface area contributed by atoms with Gasteiger partial charge in [-0.25, -0.2) is 4.79 Å². The van der Waals surface area contributed by atoms with E-state index in [9.17, 15) is 4.79 Å². The number of carbonyl (C=O) groups excluding carboxylic acids is 1. The number of fused-ring (bicyclic) bond motifs is 1. The highest BCUT2D eigenvalue weighted by atomic mass is 16.5. The van der Waals surface area contributed by atoms with Crippen LogP contribution in [0.1, 0.15) is 11.3 Å². The maximum absolute atomic E-state index is 12.2. The monoisotopic (exact) mass is 341 g/mol. The molecule has 0 spiro atoms. The van der Waals surface area contributed by atoms with Gasteiger partial charge in [-0.15, -0.1) is 0 Å². The number of anilines is 1. The van der Waals surface area contributed by atoms with Gasteiger partial charge < -0.3 is 24.6 Å². The summed E-state index contributed by atoms with van der Waals surface area (Å²) in [6.07, 6.45) is 0. The molecule has 0 aliphatic rings. The number of benzene rings is 2. The second kappa shape index (κ2) is 7.12. The first-order chi connectivity index (χ1) is 12.1. The van der Waals surface area contributed by atoms with Gasteiger partial charge in [-0.05, 0) is 31.2 Å². The van der Waals surface area contributed by atoms with Gasteiger partial charge in [0, 0.05) is 11.5 Å². The van der Waals surface area contributed by atoms with E-state index >= 15 is 0 Å². The number of aromatic nitrogens is 1. The lowest BCUT2D eigenvalue weighted by Crippen LogP contribution is -2.28. The molecule has 130 valence electrons. The molecule has 2 amide bonds. The van der Waals surface area contributed by atoms with Crippen molar-refractivity contribution in [1.82, 2.24) is 10.5 Å². The molecule has 0 saturated carbocycles. The second-order valence-corrected chi connectivity index (χ2v) is 5.50. The number of nitrogens with one attached hydrogen (secondary N) is 2. The number of rotatable bonds is 5. The van der Waals surface area contributed by atoms with Gasteiger partial charge in [-0.1, -0.05) is 16.8 Å². The number of methoxy groups -OCH3 is 2. The number of hydrogen-bond donors (Lipinski definition) is 2. The van der Waals surface area contributed by atoms with Crippen LogP contribution in [0.25, 0.3) is 11.0 Å². The minimum atomic E-state index is -0.379. The van der Waals surface area contributed by atoms with Gasteiger partial charge in [0.1, 0.15) is 17.2 Å². The Morgan fingerprint density at radius 2 is 2.00 bits per heavy atom. The van der Waals surface area contributed by atoms with Crippen LogP contribution in [0.15, 0.2) is 40.9 Å². The van der Waals surface area contributed by atoms with Crippen LogP contribution < -0.4 is 20.1 Å². The van der Waals surface area contributed by atoms with E-state index in [-0.39, 0.29) is 12.6 Å². The van der Waals surface area contributed by atoms with Crippen molar-refractivity contribution >= 4 is 22.7 Å². The fourth-order valence-electron chi connectivity index (χ4n) is 2.47. The third-order valence-corrected chi connectivity index (χ3v) is 3.77. The van der Waals surface area contributed by atoms with Crippen LogP contribution in [0.4, 0.5) is 10.5 Å². The first-order valence-electron chi connectivity index (χ1n) is 7.72. The largest absolute Gasteiger partial charge is 0.497 e. The molecule has 0 saturated heterocycles.